The molecule has 0 unspecified atom stereocenters. The largest absolute Gasteiger partial charge is 0.461 e. The number of aromatic nitrogens is 2. The molecule has 6 nitrogen and oxygen atoms in total. The van der Waals surface area contributed by atoms with Gasteiger partial charge in [-0.1, -0.05) is 0 Å². The molecule has 0 spiro atoms. The van der Waals surface area contributed by atoms with Gasteiger partial charge in [0.05, 0.1) is 12.1 Å². The van der Waals surface area contributed by atoms with Gasteiger partial charge in [-0.05, 0) is 20.8 Å². The van der Waals surface area contributed by atoms with Gasteiger partial charge in [0.15, 0.2) is 5.69 Å². The van der Waals surface area contributed by atoms with Crippen molar-refractivity contribution in [1.29, 1.82) is 0 Å². The molecule has 0 aromatic carbocycles. The number of ether oxygens (including phenoxy) is 1. The van der Waals surface area contributed by atoms with Gasteiger partial charge in [0.2, 0.25) is 0 Å². The molecular weight excluding hydrogens is 222 g/mol. The van der Waals surface area contributed by atoms with Crippen LogP contribution >= 0.6 is 0 Å². The normalized spacial score (nSPS) is 17.2. The van der Waals surface area contributed by atoms with Crippen LogP contribution in [0.15, 0.2) is 6.07 Å². The van der Waals surface area contributed by atoms with Gasteiger partial charge in [-0.25, -0.2) is 4.79 Å². The minimum atomic E-state index is -0.502. The van der Waals surface area contributed by atoms with Crippen molar-refractivity contribution in [2.24, 2.45) is 0 Å². The van der Waals surface area contributed by atoms with Gasteiger partial charge < -0.3 is 10.1 Å². The first-order chi connectivity index (χ1) is 7.95. The van der Waals surface area contributed by atoms with Crippen LogP contribution in [0.3, 0.4) is 0 Å². The number of hydrogen-bond acceptors (Lipinski definition) is 4. The SMILES string of the molecule is CCOC(=O)c1cc2n(n1)C(C)(C)CNC2=O. The highest BCUT2D eigenvalue weighted by atomic mass is 16.5. The number of amides is 1. The minimum Gasteiger partial charge on any atom is -0.461 e. The molecule has 0 fully saturated rings. The highest BCUT2D eigenvalue weighted by Gasteiger charge is 2.33. The predicted octanol–water partition coefficient (Wildman–Crippen LogP) is 0.538. The van der Waals surface area contributed by atoms with E-state index in [2.05, 4.69) is 10.4 Å². The molecule has 1 aliphatic rings. The van der Waals surface area contributed by atoms with Crippen molar-refractivity contribution in [3.8, 4) is 0 Å². The Kier molecular flexibility index (Phi) is 2.65. The average Bonchev–Trinajstić information content (AvgIpc) is 2.71. The Morgan fingerprint density at radius 1 is 1.65 bits per heavy atom. The first-order valence-electron chi connectivity index (χ1n) is 5.51. The van der Waals surface area contributed by atoms with Crippen LogP contribution in [0.2, 0.25) is 0 Å². The van der Waals surface area contributed by atoms with Gasteiger partial charge in [-0.2, -0.15) is 5.10 Å². The third kappa shape index (κ3) is 1.90. The molecule has 0 bridgehead atoms. The Morgan fingerprint density at radius 3 is 2.94 bits per heavy atom. The lowest BCUT2D eigenvalue weighted by Gasteiger charge is -2.31. The van der Waals surface area contributed by atoms with E-state index in [9.17, 15) is 9.59 Å². The van der Waals surface area contributed by atoms with Crippen LogP contribution in [0.25, 0.3) is 0 Å². The number of rotatable bonds is 2. The molecule has 17 heavy (non-hydrogen) atoms. The number of esters is 1. The van der Waals surface area contributed by atoms with Gasteiger partial charge in [0, 0.05) is 12.6 Å². The molecule has 92 valence electrons. The molecule has 0 atom stereocenters. The van der Waals surface area contributed by atoms with E-state index in [1.165, 1.54) is 6.07 Å². The quantitative estimate of drug-likeness (QED) is 0.762. The van der Waals surface area contributed by atoms with Crippen molar-refractivity contribution in [3.63, 3.8) is 0 Å². The van der Waals surface area contributed by atoms with Crippen molar-refractivity contribution >= 4 is 11.9 Å². The Balaban J connectivity index is 2.43. The zero-order valence-electron chi connectivity index (χ0n) is 10.1. The third-order valence-corrected chi connectivity index (χ3v) is 2.68. The van der Waals surface area contributed by atoms with Crippen molar-refractivity contribution in [1.82, 2.24) is 15.1 Å². The smallest absolute Gasteiger partial charge is 0.358 e. The summed E-state index contributed by atoms with van der Waals surface area (Å²) in [7, 11) is 0. The van der Waals surface area contributed by atoms with Crippen LogP contribution in [-0.4, -0.2) is 34.8 Å². The Labute approximate surface area is 98.9 Å². The van der Waals surface area contributed by atoms with Crippen LogP contribution in [0, 0.1) is 0 Å². The number of carbonyl (C=O) groups excluding carboxylic acids is 2. The zero-order chi connectivity index (χ0) is 12.6. The lowest BCUT2D eigenvalue weighted by atomic mass is 10.0. The van der Waals surface area contributed by atoms with Crippen molar-refractivity contribution in [2.75, 3.05) is 13.2 Å². The lowest BCUT2D eigenvalue weighted by Crippen LogP contribution is -2.48. The molecule has 2 heterocycles. The second-order valence-corrected chi connectivity index (χ2v) is 4.54. The number of hydrogen-bond donors (Lipinski definition) is 1. The molecule has 0 saturated heterocycles. The molecule has 0 radical (unpaired) electrons. The van der Waals surface area contributed by atoms with E-state index in [1.54, 1.807) is 11.6 Å². The van der Waals surface area contributed by atoms with Crippen LogP contribution in [0.4, 0.5) is 0 Å². The van der Waals surface area contributed by atoms with E-state index >= 15 is 0 Å². The van der Waals surface area contributed by atoms with Crippen LogP contribution in [-0.2, 0) is 10.3 Å². The predicted molar refractivity (Wildman–Crippen MR) is 59.8 cm³/mol. The fourth-order valence-corrected chi connectivity index (χ4v) is 1.77. The van der Waals surface area contributed by atoms with Crippen LogP contribution in [0.5, 0.6) is 0 Å². The molecule has 6 heteroatoms. The summed E-state index contributed by atoms with van der Waals surface area (Å²) in [6, 6.07) is 1.47. The minimum absolute atomic E-state index is 0.173. The summed E-state index contributed by atoms with van der Waals surface area (Å²) in [6.45, 7) is 6.39. The number of carbonyl (C=O) groups is 2. The molecule has 1 aromatic rings. The number of nitrogens with one attached hydrogen (secondary N) is 1. The summed E-state index contributed by atoms with van der Waals surface area (Å²) >= 11 is 0. The second-order valence-electron chi connectivity index (χ2n) is 4.54. The van der Waals surface area contributed by atoms with Crippen LogP contribution < -0.4 is 5.32 Å². The molecule has 1 amide bonds. The topological polar surface area (TPSA) is 73.2 Å². The first kappa shape index (κ1) is 11.6. The molecule has 1 aromatic heterocycles. The van der Waals surface area contributed by atoms with E-state index in [4.69, 9.17) is 4.74 Å². The average molecular weight is 237 g/mol. The molecule has 1 aliphatic heterocycles. The fraction of sp³-hybridized carbons (Fsp3) is 0.545. The maximum atomic E-state index is 11.6. The Morgan fingerprint density at radius 2 is 2.35 bits per heavy atom. The number of fused-ring (bicyclic) bond motifs is 1. The summed E-state index contributed by atoms with van der Waals surface area (Å²) in [4.78, 5) is 23.2. The first-order valence-corrected chi connectivity index (χ1v) is 5.51. The fourth-order valence-electron chi connectivity index (χ4n) is 1.77. The van der Waals surface area contributed by atoms with Crippen LogP contribution in [0.1, 0.15) is 41.7 Å². The van der Waals surface area contributed by atoms with Gasteiger partial charge in [0.1, 0.15) is 5.69 Å². The maximum absolute atomic E-state index is 11.6. The molecular formula is C11H15N3O3. The number of nitrogens with zero attached hydrogens (tertiary/aromatic N) is 2. The molecule has 0 aliphatic carbocycles. The van der Waals surface area contributed by atoms with E-state index in [-0.39, 0.29) is 23.7 Å². The van der Waals surface area contributed by atoms with E-state index < -0.39 is 5.97 Å². The summed E-state index contributed by atoms with van der Waals surface area (Å²) in [5.74, 6) is -0.717. The maximum Gasteiger partial charge on any atom is 0.358 e. The second kappa shape index (κ2) is 3.87. The van der Waals surface area contributed by atoms with Gasteiger partial charge in [0.25, 0.3) is 5.91 Å². The van der Waals surface area contributed by atoms with Crippen molar-refractivity contribution in [2.45, 2.75) is 26.3 Å². The van der Waals surface area contributed by atoms with Gasteiger partial charge >= 0.3 is 5.97 Å². The van der Waals surface area contributed by atoms with Crippen molar-refractivity contribution in [3.05, 3.63) is 17.5 Å². The Hall–Kier alpha value is -1.85. The summed E-state index contributed by atoms with van der Waals surface area (Å²) in [5.41, 5.74) is 0.227. The Bertz CT molecular complexity index is 476. The highest BCUT2D eigenvalue weighted by Crippen LogP contribution is 2.21. The highest BCUT2D eigenvalue weighted by molar-refractivity contribution is 5.96. The molecule has 0 saturated carbocycles. The van der Waals surface area contributed by atoms with Gasteiger partial charge in [-0.3, -0.25) is 9.48 Å². The summed E-state index contributed by atoms with van der Waals surface area (Å²) < 4.78 is 6.44. The standard InChI is InChI=1S/C11H15N3O3/c1-4-17-10(16)7-5-8-9(15)12-6-11(2,3)14(8)13-7/h5H,4,6H2,1-3H3,(H,12,15). The molecule has 1 N–H and O–H groups in total. The zero-order valence-corrected chi connectivity index (χ0v) is 10.1. The van der Waals surface area contributed by atoms with Crippen molar-refractivity contribution < 1.29 is 14.3 Å². The van der Waals surface area contributed by atoms with E-state index in [0.29, 0.717) is 12.2 Å². The van der Waals surface area contributed by atoms with E-state index in [1.807, 2.05) is 13.8 Å². The third-order valence-electron chi connectivity index (χ3n) is 2.68. The monoisotopic (exact) mass is 237 g/mol. The van der Waals surface area contributed by atoms with E-state index in [0.717, 1.165) is 0 Å². The summed E-state index contributed by atoms with van der Waals surface area (Å²) in [6.07, 6.45) is 0. The molecule has 2 rings (SSSR count). The van der Waals surface area contributed by atoms with Gasteiger partial charge in [-0.15, -0.1) is 0 Å². The summed E-state index contributed by atoms with van der Waals surface area (Å²) in [5, 5.41) is 6.91. The lowest BCUT2D eigenvalue weighted by molar-refractivity contribution is 0.0516.